The predicted molar refractivity (Wildman–Crippen MR) is 90.7 cm³/mol. The number of ether oxygens (including phenoxy) is 2. The second kappa shape index (κ2) is 8.09. The molecule has 136 valence electrons. The van der Waals surface area contributed by atoms with E-state index in [4.69, 9.17) is 9.47 Å². The molecular weight excluding hydrogens is 324 g/mol. The van der Waals surface area contributed by atoms with E-state index >= 15 is 0 Å². The van der Waals surface area contributed by atoms with Gasteiger partial charge in [-0.1, -0.05) is 25.3 Å². The van der Waals surface area contributed by atoms with Crippen LogP contribution in [0.2, 0.25) is 0 Å². The summed E-state index contributed by atoms with van der Waals surface area (Å²) >= 11 is 0. The minimum atomic E-state index is -0.962. The molecule has 2 amide bonds. The Bertz CT molecular complexity index is 626. The second-order valence-corrected chi connectivity index (χ2v) is 6.47. The van der Waals surface area contributed by atoms with Crippen LogP contribution >= 0.6 is 0 Å². The molecule has 0 unspecified atom stereocenters. The third kappa shape index (κ3) is 4.55. The number of hydrogen-bond acceptors (Lipinski definition) is 4. The van der Waals surface area contributed by atoms with Crippen LogP contribution in [0.4, 0.5) is 4.79 Å². The highest BCUT2D eigenvalue weighted by Crippen LogP contribution is 2.34. The molecule has 1 saturated heterocycles. The fraction of sp³-hybridized carbons (Fsp3) is 0.556. The number of carboxylic acids is 1. The molecule has 2 aliphatic rings. The average molecular weight is 348 g/mol. The Hall–Kier alpha value is -2.44. The first kappa shape index (κ1) is 17.4. The zero-order chi connectivity index (χ0) is 17.6. The highest BCUT2D eigenvalue weighted by Gasteiger charge is 2.24. The fourth-order valence-corrected chi connectivity index (χ4v) is 3.25. The molecule has 1 aromatic rings. The summed E-state index contributed by atoms with van der Waals surface area (Å²) in [6.07, 6.45) is 5.27. The van der Waals surface area contributed by atoms with E-state index in [1.807, 2.05) is 0 Å². The fourth-order valence-electron chi connectivity index (χ4n) is 3.25. The summed E-state index contributed by atoms with van der Waals surface area (Å²) in [7, 11) is 0. The van der Waals surface area contributed by atoms with Crippen LogP contribution < -0.4 is 14.8 Å². The minimum absolute atomic E-state index is 0.155. The molecule has 0 radical (unpaired) electrons. The van der Waals surface area contributed by atoms with Crippen LogP contribution in [0.15, 0.2) is 18.2 Å². The Balaban J connectivity index is 1.71. The monoisotopic (exact) mass is 348 g/mol. The number of carbonyl (C=O) groups is 2. The van der Waals surface area contributed by atoms with Crippen molar-refractivity contribution in [1.29, 1.82) is 0 Å². The van der Waals surface area contributed by atoms with E-state index in [0.29, 0.717) is 30.2 Å². The smallest absolute Gasteiger partial charge is 0.317 e. The minimum Gasteiger partial charge on any atom is -0.481 e. The van der Waals surface area contributed by atoms with Gasteiger partial charge in [0.1, 0.15) is 0 Å². The van der Waals surface area contributed by atoms with Crippen molar-refractivity contribution in [2.75, 3.05) is 19.9 Å². The van der Waals surface area contributed by atoms with E-state index in [9.17, 15) is 14.7 Å². The number of aliphatic carboxylic acids is 1. The van der Waals surface area contributed by atoms with Crippen molar-refractivity contribution >= 4 is 12.0 Å². The summed E-state index contributed by atoms with van der Waals surface area (Å²) in [6, 6.07) is 4.45. The molecule has 0 aromatic heterocycles. The van der Waals surface area contributed by atoms with Gasteiger partial charge in [0.2, 0.25) is 6.79 Å². The van der Waals surface area contributed by atoms with Crippen LogP contribution in [-0.2, 0) is 4.79 Å². The van der Waals surface area contributed by atoms with Crippen LogP contribution in [0.3, 0.4) is 0 Å². The van der Waals surface area contributed by atoms with Gasteiger partial charge in [0.15, 0.2) is 11.5 Å². The number of benzene rings is 1. The lowest BCUT2D eigenvalue weighted by atomic mass is 10.0. The maximum atomic E-state index is 12.6. The molecule has 25 heavy (non-hydrogen) atoms. The lowest BCUT2D eigenvalue weighted by Crippen LogP contribution is -2.43. The SMILES string of the molecule is O=C(O)C[C@H](NC(=O)N1CCCCCCC1)c1ccc2c(c1)OCO2. The normalized spacial score (nSPS) is 18.2. The Morgan fingerprint density at radius 3 is 2.48 bits per heavy atom. The van der Waals surface area contributed by atoms with Crippen LogP contribution in [-0.4, -0.2) is 41.9 Å². The van der Waals surface area contributed by atoms with Crippen LogP contribution in [0.1, 0.15) is 50.1 Å². The van der Waals surface area contributed by atoms with Gasteiger partial charge < -0.3 is 24.8 Å². The molecule has 7 nitrogen and oxygen atoms in total. The first-order chi connectivity index (χ1) is 12.1. The quantitative estimate of drug-likeness (QED) is 0.873. The number of fused-ring (bicyclic) bond motifs is 1. The topological polar surface area (TPSA) is 88.1 Å². The summed E-state index contributed by atoms with van der Waals surface area (Å²) in [5, 5.41) is 12.1. The highest BCUT2D eigenvalue weighted by molar-refractivity contribution is 5.76. The third-order valence-corrected chi connectivity index (χ3v) is 4.62. The van der Waals surface area contributed by atoms with Crippen molar-refractivity contribution in [3.63, 3.8) is 0 Å². The summed E-state index contributed by atoms with van der Waals surface area (Å²) in [5.41, 5.74) is 0.701. The molecule has 3 rings (SSSR count). The average Bonchev–Trinajstić information content (AvgIpc) is 3.00. The van der Waals surface area contributed by atoms with E-state index in [-0.39, 0.29) is 19.2 Å². The van der Waals surface area contributed by atoms with Gasteiger partial charge >= 0.3 is 12.0 Å². The Morgan fingerprint density at radius 1 is 1.08 bits per heavy atom. The number of rotatable bonds is 4. The zero-order valence-electron chi connectivity index (χ0n) is 14.2. The molecule has 2 aliphatic heterocycles. The Kier molecular flexibility index (Phi) is 5.63. The van der Waals surface area contributed by atoms with E-state index in [2.05, 4.69) is 5.32 Å². The van der Waals surface area contributed by atoms with Gasteiger partial charge in [0, 0.05) is 13.1 Å². The molecule has 7 heteroatoms. The number of carboxylic acid groups (broad SMARTS) is 1. The summed E-state index contributed by atoms with van der Waals surface area (Å²) in [4.78, 5) is 25.7. The lowest BCUT2D eigenvalue weighted by Gasteiger charge is -2.27. The molecule has 1 aromatic carbocycles. The van der Waals surface area contributed by atoms with Gasteiger partial charge in [-0.3, -0.25) is 4.79 Å². The summed E-state index contributed by atoms with van der Waals surface area (Å²) < 4.78 is 10.6. The van der Waals surface area contributed by atoms with Crippen molar-refractivity contribution < 1.29 is 24.2 Å². The largest absolute Gasteiger partial charge is 0.481 e. The van der Waals surface area contributed by atoms with Crippen molar-refractivity contribution in [3.05, 3.63) is 23.8 Å². The van der Waals surface area contributed by atoms with E-state index < -0.39 is 12.0 Å². The van der Waals surface area contributed by atoms with Crippen LogP contribution in [0, 0.1) is 0 Å². The molecule has 0 bridgehead atoms. The molecule has 0 saturated carbocycles. The predicted octanol–water partition coefficient (Wildman–Crippen LogP) is 2.91. The van der Waals surface area contributed by atoms with Gasteiger partial charge in [-0.2, -0.15) is 0 Å². The molecule has 2 heterocycles. The van der Waals surface area contributed by atoms with Crippen LogP contribution in [0.25, 0.3) is 0 Å². The van der Waals surface area contributed by atoms with Gasteiger partial charge in [-0.05, 0) is 30.5 Å². The number of carbonyl (C=O) groups excluding carboxylic acids is 1. The van der Waals surface area contributed by atoms with Gasteiger partial charge in [-0.15, -0.1) is 0 Å². The maximum Gasteiger partial charge on any atom is 0.317 e. The molecular formula is C18H24N2O5. The molecule has 2 N–H and O–H groups in total. The number of urea groups is 1. The van der Waals surface area contributed by atoms with Crippen molar-refractivity contribution in [2.45, 2.75) is 44.6 Å². The number of nitrogens with zero attached hydrogens (tertiary/aromatic N) is 1. The van der Waals surface area contributed by atoms with Crippen LogP contribution in [0.5, 0.6) is 11.5 Å². The summed E-state index contributed by atoms with van der Waals surface area (Å²) in [5.74, 6) is 0.247. The first-order valence-corrected chi connectivity index (χ1v) is 8.80. The standard InChI is InChI=1S/C18H24N2O5/c21-17(22)11-14(13-6-7-15-16(10-13)25-12-24-15)19-18(23)20-8-4-2-1-3-5-9-20/h6-7,10,14H,1-5,8-9,11-12H2,(H,19,23)(H,21,22)/t14-/m0/s1. The number of hydrogen-bond donors (Lipinski definition) is 2. The van der Waals surface area contributed by atoms with E-state index in [0.717, 1.165) is 25.7 Å². The molecule has 1 fully saturated rings. The van der Waals surface area contributed by atoms with Crippen molar-refractivity contribution in [1.82, 2.24) is 10.2 Å². The molecule has 0 aliphatic carbocycles. The third-order valence-electron chi connectivity index (χ3n) is 4.62. The maximum absolute atomic E-state index is 12.6. The Morgan fingerprint density at radius 2 is 1.76 bits per heavy atom. The zero-order valence-corrected chi connectivity index (χ0v) is 14.2. The Labute approximate surface area is 146 Å². The van der Waals surface area contributed by atoms with Crippen molar-refractivity contribution in [3.8, 4) is 11.5 Å². The van der Waals surface area contributed by atoms with Crippen molar-refractivity contribution in [2.24, 2.45) is 0 Å². The van der Waals surface area contributed by atoms with Gasteiger partial charge in [0.05, 0.1) is 12.5 Å². The number of likely N-dealkylation sites (tertiary alicyclic amines) is 1. The number of nitrogens with one attached hydrogen (secondary N) is 1. The molecule has 0 spiro atoms. The molecule has 1 atom stereocenters. The van der Waals surface area contributed by atoms with E-state index in [1.54, 1.807) is 23.1 Å². The first-order valence-electron chi connectivity index (χ1n) is 8.80. The summed E-state index contributed by atoms with van der Waals surface area (Å²) in [6.45, 7) is 1.59. The van der Waals surface area contributed by atoms with Gasteiger partial charge in [0.25, 0.3) is 0 Å². The lowest BCUT2D eigenvalue weighted by molar-refractivity contribution is -0.137. The second-order valence-electron chi connectivity index (χ2n) is 6.47. The van der Waals surface area contributed by atoms with Gasteiger partial charge in [-0.25, -0.2) is 4.79 Å². The number of amides is 2. The van der Waals surface area contributed by atoms with E-state index in [1.165, 1.54) is 6.42 Å². The highest BCUT2D eigenvalue weighted by atomic mass is 16.7.